The molecule has 2 aliphatic heterocycles. The maximum absolute atomic E-state index is 12.7. The Labute approximate surface area is 168 Å². The molecule has 3 N–H and O–H groups in total. The molecule has 2 aliphatic rings. The topological polar surface area (TPSA) is 105 Å². The summed E-state index contributed by atoms with van der Waals surface area (Å²) in [5.41, 5.74) is 4.94. The molecule has 0 bridgehead atoms. The minimum atomic E-state index is -0.581. The number of amides is 3. The van der Waals surface area contributed by atoms with E-state index in [2.05, 4.69) is 10.2 Å². The van der Waals surface area contributed by atoms with E-state index in [1.54, 1.807) is 0 Å². The molecule has 0 radical (unpaired) electrons. The lowest BCUT2D eigenvalue weighted by Gasteiger charge is -2.37. The number of carbonyl (C=O) groups excluding carboxylic acids is 3. The van der Waals surface area contributed by atoms with Crippen LogP contribution in [-0.4, -0.2) is 71.6 Å². The molecule has 2 heterocycles. The summed E-state index contributed by atoms with van der Waals surface area (Å²) < 4.78 is 5.43. The van der Waals surface area contributed by atoms with E-state index in [1.165, 1.54) is 4.90 Å². The third kappa shape index (κ3) is 6.09. The molecule has 0 aromatic rings. The molecule has 0 aromatic carbocycles. The van der Waals surface area contributed by atoms with Gasteiger partial charge in [0.2, 0.25) is 11.8 Å². The Morgan fingerprint density at radius 1 is 1.18 bits per heavy atom. The molecular formula is C20H36N4O4. The predicted molar refractivity (Wildman–Crippen MR) is 107 cm³/mol. The van der Waals surface area contributed by atoms with Gasteiger partial charge in [0, 0.05) is 19.6 Å². The number of primary amides is 1. The third-order valence-corrected chi connectivity index (χ3v) is 5.45. The second kappa shape index (κ2) is 9.58. The Morgan fingerprint density at radius 2 is 1.86 bits per heavy atom. The fourth-order valence-electron chi connectivity index (χ4n) is 4.13. The van der Waals surface area contributed by atoms with Crippen LogP contribution in [0.1, 0.15) is 59.8 Å². The van der Waals surface area contributed by atoms with Crippen molar-refractivity contribution in [3.05, 3.63) is 0 Å². The van der Waals surface area contributed by atoms with Gasteiger partial charge in [-0.1, -0.05) is 6.92 Å². The number of rotatable bonds is 6. The van der Waals surface area contributed by atoms with Crippen molar-refractivity contribution < 1.29 is 19.1 Å². The van der Waals surface area contributed by atoms with Gasteiger partial charge >= 0.3 is 6.09 Å². The molecular weight excluding hydrogens is 360 g/mol. The van der Waals surface area contributed by atoms with Gasteiger partial charge in [-0.3, -0.25) is 19.4 Å². The fraction of sp³-hybridized carbons (Fsp3) is 0.850. The second-order valence-corrected chi connectivity index (χ2v) is 8.91. The summed E-state index contributed by atoms with van der Waals surface area (Å²) in [5, 5.41) is 3.02. The Kier molecular flexibility index (Phi) is 7.69. The molecule has 0 saturated carbocycles. The molecule has 0 aliphatic carbocycles. The van der Waals surface area contributed by atoms with Gasteiger partial charge in [-0.2, -0.15) is 0 Å². The van der Waals surface area contributed by atoms with Crippen LogP contribution in [0.25, 0.3) is 0 Å². The van der Waals surface area contributed by atoms with Crippen LogP contribution in [0, 0.1) is 5.92 Å². The SMILES string of the molecule is CCC(C(N)=O)N1CCCC(CNC(=O)C2CCCN2C(=O)OC(C)(C)C)C1. The number of likely N-dealkylation sites (tertiary alicyclic amines) is 2. The van der Waals surface area contributed by atoms with Crippen LogP contribution in [0.15, 0.2) is 0 Å². The van der Waals surface area contributed by atoms with Gasteiger partial charge in [0.05, 0.1) is 6.04 Å². The monoisotopic (exact) mass is 396 g/mol. The zero-order valence-electron chi connectivity index (χ0n) is 17.7. The minimum absolute atomic E-state index is 0.123. The van der Waals surface area contributed by atoms with Crippen molar-refractivity contribution in [2.45, 2.75) is 77.5 Å². The van der Waals surface area contributed by atoms with Crippen molar-refractivity contribution in [2.24, 2.45) is 11.7 Å². The normalized spacial score (nSPS) is 24.6. The van der Waals surface area contributed by atoms with Crippen molar-refractivity contribution in [1.29, 1.82) is 0 Å². The quantitative estimate of drug-likeness (QED) is 0.707. The molecule has 28 heavy (non-hydrogen) atoms. The summed E-state index contributed by atoms with van der Waals surface area (Å²) in [5.74, 6) is -0.129. The fourth-order valence-corrected chi connectivity index (χ4v) is 4.13. The Hall–Kier alpha value is -1.83. The lowest BCUT2D eigenvalue weighted by Crippen LogP contribution is -2.52. The molecule has 0 spiro atoms. The summed E-state index contributed by atoms with van der Waals surface area (Å²) in [6.07, 6.45) is 3.71. The minimum Gasteiger partial charge on any atom is -0.444 e. The van der Waals surface area contributed by atoms with E-state index >= 15 is 0 Å². The highest BCUT2D eigenvalue weighted by Gasteiger charge is 2.37. The van der Waals surface area contributed by atoms with Crippen molar-refractivity contribution in [2.75, 3.05) is 26.2 Å². The smallest absolute Gasteiger partial charge is 0.410 e. The molecule has 2 saturated heterocycles. The van der Waals surface area contributed by atoms with Gasteiger partial charge in [-0.05, 0) is 65.3 Å². The highest BCUT2D eigenvalue weighted by Crippen LogP contribution is 2.22. The summed E-state index contributed by atoms with van der Waals surface area (Å²) >= 11 is 0. The predicted octanol–water partition coefficient (Wildman–Crippen LogP) is 1.48. The zero-order valence-corrected chi connectivity index (χ0v) is 17.7. The van der Waals surface area contributed by atoms with Gasteiger partial charge in [-0.15, -0.1) is 0 Å². The standard InChI is InChI=1S/C20H36N4O4/c1-5-15(17(21)25)23-10-6-8-14(13-23)12-22-18(26)16-9-7-11-24(16)19(27)28-20(2,3)4/h14-16H,5-13H2,1-4H3,(H2,21,25)(H,22,26). The van der Waals surface area contributed by atoms with E-state index < -0.39 is 17.7 Å². The van der Waals surface area contributed by atoms with Crippen LogP contribution in [0.2, 0.25) is 0 Å². The number of nitrogens with zero attached hydrogens (tertiary/aromatic N) is 2. The number of hydrogen-bond acceptors (Lipinski definition) is 5. The molecule has 0 aromatic heterocycles. The van der Waals surface area contributed by atoms with Crippen LogP contribution in [-0.2, 0) is 14.3 Å². The van der Waals surface area contributed by atoms with Crippen LogP contribution in [0.5, 0.6) is 0 Å². The van der Waals surface area contributed by atoms with Crippen molar-refractivity contribution in [1.82, 2.24) is 15.1 Å². The average molecular weight is 397 g/mol. The van der Waals surface area contributed by atoms with E-state index in [0.717, 1.165) is 32.4 Å². The molecule has 3 unspecified atom stereocenters. The van der Waals surface area contributed by atoms with E-state index in [1.807, 2.05) is 27.7 Å². The van der Waals surface area contributed by atoms with Crippen molar-refractivity contribution in [3.8, 4) is 0 Å². The van der Waals surface area contributed by atoms with Gasteiger partial charge in [0.15, 0.2) is 0 Å². The van der Waals surface area contributed by atoms with Gasteiger partial charge in [-0.25, -0.2) is 4.79 Å². The molecule has 3 atom stereocenters. The van der Waals surface area contributed by atoms with Crippen LogP contribution in [0.3, 0.4) is 0 Å². The van der Waals surface area contributed by atoms with E-state index in [4.69, 9.17) is 10.5 Å². The van der Waals surface area contributed by atoms with Crippen LogP contribution >= 0.6 is 0 Å². The molecule has 8 heteroatoms. The lowest BCUT2D eigenvalue weighted by atomic mass is 9.95. The first-order valence-corrected chi connectivity index (χ1v) is 10.4. The van der Waals surface area contributed by atoms with Gasteiger partial charge in [0.25, 0.3) is 0 Å². The number of hydrogen-bond donors (Lipinski definition) is 2. The summed E-state index contributed by atoms with van der Waals surface area (Å²) in [4.78, 5) is 40.4. The highest BCUT2D eigenvalue weighted by atomic mass is 16.6. The molecule has 3 amide bonds. The molecule has 8 nitrogen and oxygen atoms in total. The van der Waals surface area contributed by atoms with Crippen LogP contribution < -0.4 is 11.1 Å². The van der Waals surface area contributed by atoms with E-state index in [0.29, 0.717) is 25.9 Å². The Morgan fingerprint density at radius 3 is 2.46 bits per heavy atom. The summed E-state index contributed by atoms with van der Waals surface area (Å²) in [6, 6.07) is -0.709. The molecule has 160 valence electrons. The molecule has 2 rings (SSSR count). The number of piperidine rings is 1. The average Bonchev–Trinajstić information content (AvgIpc) is 3.09. The number of nitrogens with two attached hydrogens (primary N) is 1. The Balaban J connectivity index is 1.87. The van der Waals surface area contributed by atoms with Crippen molar-refractivity contribution >= 4 is 17.9 Å². The summed E-state index contributed by atoms with van der Waals surface area (Å²) in [6.45, 7) is 10.1. The lowest BCUT2D eigenvalue weighted by molar-refractivity contribution is -0.126. The third-order valence-electron chi connectivity index (χ3n) is 5.45. The highest BCUT2D eigenvalue weighted by molar-refractivity contribution is 5.86. The molecule has 2 fully saturated rings. The second-order valence-electron chi connectivity index (χ2n) is 8.91. The first kappa shape index (κ1) is 22.5. The Bertz CT molecular complexity index is 575. The number of carbonyl (C=O) groups is 3. The van der Waals surface area contributed by atoms with Crippen molar-refractivity contribution in [3.63, 3.8) is 0 Å². The number of ether oxygens (including phenoxy) is 1. The van der Waals surface area contributed by atoms with E-state index in [-0.39, 0.29) is 23.8 Å². The largest absolute Gasteiger partial charge is 0.444 e. The summed E-state index contributed by atoms with van der Waals surface area (Å²) in [7, 11) is 0. The zero-order chi connectivity index (χ0) is 20.9. The maximum atomic E-state index is 12.7. The van der Waals surface area contributed by atoms with Gasteiger partial charge < -0.3 is 15.8 Å². The van der Waals surface area contributed by atoms with Gasteiger partial charge in [0.1, 0.15) is 11.6 Å². The number of nitrogens with one attached hydrogen (secondary N) is 1. The first-order chi connectivity index (χ1) is 13.1. The maximum Gasteiger partial charge on any atom is 0.410 e. The van der Waals surface area contributed by atoms with E-state index in [9.17, 15) is 14.4 Å². The first-order valence-electron chi connectivity index (χ1n) is 10.4. The van der Waals surface area contributed by atoms with Crippen LogP contribution in [0.4, 0.5) is 4.79 Å².